The summed E-state index contributed by atoms with van der Waals surface area (Å²) in [6.07, 6.45) is 1.09. The average molecular weight is 355 g/mol. The molecule has 2 aromatic rings. The highest BCUT2D eigenvalue weighted by atomic mass is 16.2. The van der Waals surface area contributed by atoms with E-state index in [9.17, 15) is 4.79 Å². The molecule has 2 amide bonds. The van der Waals surface area contributed by atoms with Crippen LogP contribution in [0.1, 0.15) is 34.5 Å². The van der Waals surface area contributed by atoms with Crippen LogP contribution in [-0.4, -0.2) is 46.3 Å². The van der Waals surface area contributed by atoms with Gasteiger partial charge in [0.2, 0.25) is 0 Å². The first-order chi connectivity index (χ1) is 12.4. The molecule has 26 heavy (non-hydrogen) atoms. The van der Waals surface area contributed by atoms with Crippen LogP contribution in [0.25, 0.3) is 0 Å². The van der Waals surface area contributed by atoms with E-state index in [1.165, 1.54) is 27.3 Å². The molecule has 1 N–H and O–H groups in total. The number of benzene rings is 1. The molecular weight excluding hydrogens is 326 g/mol. The number of nitrogens with one attached hydrogen (secondary N) is 1. The van der Waals surface area contributed by atoms with Gasteiger partial charge >= 0.3 is 6.03 Å². The summed E-state index contributed by atoms with van der Waals surface area (Å²) in [4.78, 5) is 15.7. The van der Waals surface area contributed by atoms with Crippen molar-refractivity contribution in [1.82, 2.24) is 24.9 Å². The first-order valence-corrected chi connectivity index (χ1v) is 9.21. The van der Waals surface area contributed by atoms with Gasteiger partial charge in [-0.25, -0.2) is 4.79 Å². The van der Waals surface area contributed by atoms with E-state index in [-0.39, 0.29) is 6.03 Å². The largest absolute Gasteiger partial charge is 0.332 e. The molecule has 0 aliphatic carbocycles. The molecule has 1 aromatic heterocycles. The van der Waals surface area contributed by atoms with Gasteiger partial charge in [-0.3, -0.25) is 9.58 Å². The molecule has 0 saturated carbocycles. The molecule has 0 radical (unpaired) electrons. The van der Waals surface area contributed by atoms with Gasteiger partial charge in [-0.05, 0) is 31.9 Å². The molecular formula is C20H29N5O. The molecule has 1 aromatic carbocycles. The van der Waals surface area contributed by atoms with Gasteiger partial charge in [0.25, 0.3) is 0 Å². The lowest BCUT2D eigenvalue weighted by molar-refractivity contribution is 0.217. The maximum atomic E-state index is 11.7. The second kappa shape index (κ2) is 7.91. The maximum Gasteiger partial charge on any atom is 0.317 e. The number of urea groups is 1. The molecule has 6 heteroatoms. The summed E-state index contributed by atoms with van der Waals surface area (Å²) in [5.74, 6) is 0. The van der Waals surface area contributed by atoms with Gasteiger partial charge in [0, 0.05) is 40.3 Å². The molecule has 140 valence electrons. The summed E-state index contributed by atoms with van der Waals surface area (Å²) in [6.45, 7) is 8.63. The zero-order valence-electron chi connectivity index (χ0n) is 16.2. The molecule has 0 saturated heterocycles. The third kappa shape index (κ3) is 4.64. The van der Waals surface area contributed by atoms with Crippen LogP contribution in [0.3, 0.4) is 0 Å². The molecule has 1 aliphatic heterocycles. The van der Waals surface area contributed by atoms with Gasteiger partial charge in [0.1, 0.15) is 0 Å². The lowest BCUT2D eigenvalue weighted by atomic mass is 10.1. The molecule has 0 atom stereocenters. The Kier molecular flexibility index (Phi) is 5.61. The van der Waals surface area contributed by atoms with Crippen molar-refractivity contribution in [2.75, 3.05) is 20.6 Å². The number of nitrogens with zero attached hydrogens (tertiary/aromatic N) is 4. The molecule has 0 unspecified atom stereocenters. The predicted octanol–water partition coefficient (Wildman–Crippen LogP) is 2.68. The second-order valence-electron chi connectivity index (χ2n) is 7.46. The molecule has 3 rings (SSSR count). The third-order valence-corrected chi connectivity index (χ3v) is 4.66. The second-order valence-corrected chi connectivity index (χ2v) is 7.46. The Morgan fingerprint density at radius 1 is 1.15 bits per heavy atom. The Hall–Kier alpha value is -2.34. The van der Waals surface area contributed by atoms with Crippen LogP contribution in [0, 0.1) is 13.8 Å². The van der Waals surface area contributed by atoms with Gasteiger partial charge in [-0.1, -0.05) is 29.3 Å². The van der Waals surface area contributed by atoms with E-state index < -0.39 is 0 Å². The molecule has 0 fully saturated rings. The van der Waals surface area contributed by atoms with E-state index in [1.54, 1.807) is 14.1 Å². The Balaban J connectivity index is 1.66. The number of carbonyl (C=O) groups is 1. The SMILES string of the molecule is Cc1cc(C)cc(CN2CCCn3nc(CNC(=O)N(C)C)cc3C2)c1. The minimum atomic E-state index is -0.0929. The number of hydrogen-bond acceptors (Lipinski definition) is 3. The van der Waals surface area contributed by atoms with E-state index in [1.807, 2.05) is 0 Å². The molecule has 0 bridgehead atoms. The summed E-state index contributed by atoms with van der Waals surface area (Å²) in [5.41, 5.74) is 6.15. The number of amides is 2. The smallest absolute Gasteiger partial charge is 0.317 e. The summed E-state index contributed by atoms with van der Waals surface area (Å²) in [7, 11) is 3.48. The highest BCUT2D eigenvalue weighted by Crippen LogP contribution is 2.18. The van der Waals surface area contributed by atoms with Crippen LogP contribution in [-0.2, 0) is 26.2 Å². The van der Waals surface area contributed by atoms with Gasteiger partial charge in [-0.15, -0.1) is 0 Å². The number of carbonyl (C=O) groups excluding carboxylic acids is 1. The van der Waals surface area contributed by atoms with Crippen molar-refractivity contribution in [2.45, 2.75) is 46.4 Å². The van der Waals surface area contributed by atoms with Crippen molar-refractivity contribution in [1.29, 1.82) is 0 Å². The van der Waals surface area contributed by atoms with Crippen LogP contribution < -0.4 is 5.32 Å². The van der Waals surface area contributed by atoms with E-state index in [4.69, 9.17) is 0 Å². The fraction of sp³-hybridized carbons (Fsp3) is 0.500. The van der Waals surface area contributed by atoms with E-state index in [2.05, 4.69) is 58.1 Å². The zero-order chi connectivity index (χ0) is 18.7. The van der Waals surface area contributed by atoms with Crippen LogP contribution in [0.4, 0.5) is 4.79 Å². The van der Waals surface area contributed by atoms with Gasteiger partial charge in [0.15, 0.2) is 0 Å². The normalized spacial score (nSPS) is 14.6. The highest BCUT2D eigenvalue weighted by molar-refractivity contribution is 5.73. The van der Waals surface area contributed by atoms with Crippen molar-refractivity contribution >= 4 is 6.03 Å². The summed E-state index contributed by atoms with van der Waals surface area (Å²) < 4.78 is 2.10. The minimum Gasteiger partial charge on any atom is -0.332 e. The Morgan fingerprint density at radius 3 is 2.58 bits per heavy atom. The van der Waals surface area contributed by atoms with Gasteiger partial charge in [0.05, 0.1) is 17.9 Å². The van der Waals surface area contributed by atoms with Crippen LogP contribution in [0.15, 0.2) is 24.3 Å². The lowest BCUT2D eigenvalue weighted by Gasteiger charge is -2.20. The fourth-order valence-electron chi connectivity index (χ4n) is 3.55. The standard InChI is InChI=1S/C20H29N5O/c1-15-8-16(2)10-17(9-15)13-24-6-5-7-25-19(14-24)11-18(22-25)12-21-20(26)23(3)4/h8-11H,5-7,12-14H2,1-4H3,(H,21,26). The number of hydrogen-bond donors (Lipinski definition) is 1. The van der Waals surface area contributed by atoms with Gasteiger partial charge < -0.3 is 10.2 Å². The Morgan fingerprint density at radius 2 is 1.88 bits per heavy atom. The van der Waals surface area contributed by atoms with Crippen molar-refractivity contribution in [3.8, 4) is 0 Å². The summed E-state index contributed by atoms with van der Waals surface area (Å²) in [5, 5.41) is 7.55. The molecule has 1 aliphatic rings. The topological polar surface area (TPSA) is 53.4 Å². The number of aromatic nitrogens is 2. The predicted molar refractivity (Wildman–Crippen MR) is 103 cm³/mol. The quantitative estimate of drug-likeness (QED) is 0.917. The minimum absolute atomic E-state index is 0.0929. The van der Waals surface area contributed by atoms with Crippen molar-refractivity contribution < 1.29 is 4.79 Å². The third-order valence-electron chi connectivity index (χ3n) is 4.66. The summed E-state index contributed by atoms with van der Waals surface area (Å²) in [6, 6.07) is 8.80. The zero-order valence-corrected chi connectivity index (χ0v) is 16.2. The first-order valence-electron chi connectivity index (χ1n) is 9.21. The van der Waals surface area contributed by atoms with Crippen LogP contribution in [0.2, 0.25) is 0 Å². The molecule has 0 spiro atoms. The van der Waals surface area contributed by atoms with Crippen molar-refractivity contribution in [3.05, 3.63) is 52.3 Å². The fourth-order valence-corrected chi connectivity index (χ4v) is 3.55. The Bertz CT molecular complexity index is 760. The summed E-state index contributed by atoms with van der Waals surface area (Å²) >= 11 is 0. The lowest BCUT2D eigenvalue weighted by Crippen LogP contribution is -2.34. The average Bonchev–Trinajstić information content (AvgIpc) is 2.83. The van der Waals surface area contributed by atoms with E-state index in [0.29, 0.717) is 6.54 Å². The maximum absolute atomic E-state index is 11.7. The van der Waals surface area contributed by atoms with E-state index >= 15 is 0 Å². The first kappa shape index (κ1) is 18.5. The Labute approximate surface area is 155 Å². The van der Waals surface area contributed by atoms with E-state index in [0.717, 1.165) is 38.3 Å². The number of rotatable bonds is 4. The molecule has 2 heterocycles. The van der Waals surface area contributed by atoms with Crippen molar-refractivity contribution in [2.24, 2.45) is 0 Å². The number of fused-ring (bicyclic) bond motifs is 1. The van der Waals surface area contributed by atoms with Crippen molar-refractivity contribution in [3.63, 3.8) is 0 Å². The molecule has 6 nitrogen and oxygen atoms in total. The van der Waals surface area contributed by atoms with Crippen LogP contribution >= 0.6 is 0 Å². The van der Waals surface area contributed by atoms with Gasteiger partial charge in [-0.2, -0.15) is 5.10 Å². The van der Waals surface area contributed by atoms with Crippen LogP contribution in [0.5, 0.6) is 0 Å². The highest BCUT2D eigenvalue weighted by Gasteiger charge is 2.17. The number of aryl methyl sites for hydroxylation is 3. The monoisotopic (exact) mass is 355 g/mol.